The third kappa shape index (κ3) is 3.08. The van der Waals surface area contributed by atoms with Crippen LogP contribution in [0.15, 0.2) is 18.3 Å². The average molecular weight is 278 g/mol. The molecule has 1 fully saturated rings. The average Bonchev–Trinajstić information content (AvgIpc) is 2.39. The van der Waals surface area contributed by atoms with Gasteiger partial charge in [0.15, 0.2) is 0 Å². The molecule has 1 amide bonds. The SMILES string of the molecule is CCC1C(=O)NCCN1Cc1cccnc1C(N)=S. The van der Waals surface area contributed by atoms with Gasteiger partial charge in [-0.3, -0.25) is 14.7 Å². The van der Waals surface area contributed by atoms with Crippen LogP contribution < -0.4 is 11.1 Å². The van der Waals surface area contributed by atoms with E-state index in [0.29, 0.717) is 23.8 Å². The van der Waals surface area contributed by atoms with Crippen LogP contribution in [0, 0.1) is 0 Å². The van der Waals surface area contributed by atoms with Crippen molar-refractivity contribution in [3.05, 3.63) is 29.6 Å². The summed E-state index contributed by atoms with van der Waals surface area (Å²) in [6.07, 6.45) is 2.46. The van der Waals surface area contributed by atoms with Gasteiger partial charge in [-0.05, 0) is 18.1 Å². The van der Waals surface area contributed by atoms with Crippen molar-refractivity contribution in [1.29, 1.82) is 0 Å². The van der Waals surface area contributed by atoms with Gasteiger partial charge >= 0.3 is 0 Å². The third-order valence-corrected chi connectivity index (χ3v) is 3.52. The number of thiocarbonyl (C=S) groups is 1. The molecule has 0 bridgehead atoms. The molecule has 3 N–H and O–H groups in total. The molecule has 19 heavy (non-hydrogen) atoms. The zero-order valence-electron chi connectivity index (χ0n) is 10.9. The smallest absolute Gasteiger partial charge is 0.237 e. The quantitative estimate of drug-likeness (QED) is 0.781. The highest BCUT2D eigenvalue weighted by Crippen LogP contribution is 2.15. The van der Waals surface area contributed by atoms with Gasteiger partial charge in [0.1, 0.15) is 10.7 Å². The van der Waals surface area contributed by atoms with Crippen LogP contribution in [0.3, 0.4) is 0 Å². The second kappa shape index (κ2) is 6.08. The third-order valence-electron chi connectivity index (χ3n) is 3.33. The fourth-order valence-electron chi connectivity index (χ4n) is 2.40. The predicted molar refractivity (Wildman–Crippen MR) is 77.6 cm³/mol. The molecule has 1 aliphatic heterocycles. The number of carbonyl (C=O) groups is 1. The number of aromatic nitrogens is 1. The van der Waals surface area contributed by atoms with Gasteiger partial charge in [-0.15, -0.1) is 0 Å². The first-order valence-electron chi connectivity index (χ1n) is 6.39. The lowest BCUT2D eigenvalue weighted by molar-refractivity contribution is -0.129. The highest BCUT2D eigenvalue weighted by atomic mass is 32.1. The standard InChI is InChI=1S/C13H18N4OS/c1-2-10-13(18)16-6-7-17(10)8-9-4-3-5-15-11(9)12(14)19/h3-5,10H,2,6-8H2,1H3,(H2,14,19)(H,16,18). The first-order valence-corrected chi connectivity index (χ1v) is 6.79. The van der Waals surface area contributed by atoms with E-state index in [4.69, 9.17) is 18.0 Å². The summed E-state index contributed by atoms with van der Waals surface area (Å²) in [5.41, 5.74) is 7.31. The van der Waals surface area contributed by atoms with E-state index in [0.717, 1.165) is 18.5 Å². The molecule has 102 valence electrons. The molecule has 0 spiro atoms. The number of amides is 1. The first-order chi connectivity index (χ1) is 9.13. The van der Waals surface area contributed by atoms with Crippen molar-refractivity contribution in [2.45, 2.75) is 25.9 Å². The van der Waals surface area contributed by atoms with E-state index in [1.54, 1.807) is 6.20 Å². The van der Waals surface area contributed by atoms with Crippen molar-refractivity contribution in [3.8, 4) is 0 Å². The minimum Gasteiger partial charge on any atom is -0.388 e. The Labute approximate surface area is 118 Å². The Bertz CT molecular complexity index is 491. The summed E-state index contributed by atoms with van der Waals surface area (Å²) in [5.74, 6) is 0.0921. The van der Waals surface area contributed by atoms with Gasteiger partial charge in [-0.2, -0.15) is 0 Å². The maximum absolute atomic E-state index is 11.8. The zero-order valence-corrected chi connectivity index (χ0v) is 11.7. The van der Waals surface area contributed by atoms with Gasteiger partial charge < -0.3 is 11.1 Å². The molecule has 2 heterocycles. The second-order valence-corrected chi connectivity index (χ2v) is 5.00. The topological polar surface area (TPSA) is 71.2 Å². The van der Waals surface area contributed by atoms with Crippen molar-refractivity contribution in [2.24, 2.45) is 5.73 Å². The highest BCUT2D eigenvalue weighted by Gasteiger charge is 2.28. The van der Waals surface area contributed by atoms with E-state index < -0.39 is 0 Å². The van der Waals surface area contributed by atoms with Gasteiger partial charge in [0.05, 0.1) is 6.04 Å². The Morgan fingerprint density at radius 2 is 2.47 bits per heavy atom. The molecule has 1 saturated heterocycles. The number of rotatable bonds is 4. The van der Waals surface area contributed by atoms with Crippen molar-refractivity contribution < 1.29 is 4.79 Å². The van der Waals surface area contributed by atoms with Crippen molar-refractivity contribution in [1.82, 2.24) is 15.2 Å². The molecule has 0 radical (unpaired) electrons. The zero-order chi connectivity index (χ0) is 13.8. The maximum atomic E-state index is 11.8. The van der Waals surface area contributed by atoms with Crippen LogP contribution >= 0.6 is 12.2 Å². The molecule has 1 atom stereocenters. The molecule has 6 heteroatoms. The van der Waals surface area contributed by atoms with Gasteiger partial charge in [0.2, 0.25) is 5.91 Å². The van der Waals surface area contributed by atoms with E-state index in [1.807, 2.05) is 19.1 Å². The van der Waals surface area contributed by atoms with E-state index in [2.05, 4.69) is 15.2 Å². The minimum absolute atomic E-state index is 0.0897. The van der Waals surface area contributed by atoms with Gasteiger partial charge in [0, 0.05) is 25.8 Å². The van der Waals surface area contributed by atoms with Crippen LogP contribution in [-0.4, -0.2) is 39.9 Å². The van der Waals surface area contributed by atoms with E-state index in [1.165, 1.54) is 0 Å². The lowest BCUT2D eigenvalue weighted by Crippen LogP contribution is -2.54. The summed E-state index contributed by atoms with van der Waals surface area (Å²) in [7, 11) is 0. The number of carbonyl (C=O) groups excluding carboxylic acids is 1. The molecule has 0 aliphatic carbocycles. The van der Waals surface area contributed by atoms with E-state index in [9.17, 15) is 4.79 Å². The summed E-state index contributed by atoms with van der Waals surface area (Å²) >= 11 is 5.02. The second-order valence-electron chi connectivity index (χ2n) is 4.56. The predicted octanol–water partition coefficient (Wildman–Crippen LogP) is 0.426. The largest absolute Gasteiger partial charge is 0.388 e. The fraction of sp³-hybridized carbons (Fsp3) is 0.462. The summed E-state index contributed by atoms with van der Waals surface area (Å²) in [5, 5.41) is 2.89. The van der Waals surface area contributed by atoms with Crippen molar-refractivity contribution >= 4 is 23.1 Å². The molecule has 5 nitrogen and oxygen atoms in total. The number of piperazine rings is 1. The summed E-state index contributed by atoms with van der Waals surface area (Å²) < 4.78 is 0. The van der Waals surface area contributed by atoms with Crippen LogP contribution in [0.25, 0.3) is 0 Å². The van der Waals surface area contributed by atoms with Gasteiger partial charge in [0.25, 0.3) is 0 Å². The highest BCUT2D eigenvalue weighted by molar-refractivity contribution is 7.80. The van der Waals surface area contributed by atoms with Crippen LogP contribution in [-0.2, 0) is 11.3 Å². The molecular formula is C13H18N4OS. The lowest BCUT2D eigenvalue weighted by atomic mass is 10.1. The molecule has 1 unspecified atom stereocenters. The summed E-state index contributed by atoms with van der Waals surface area (Å²) in [6.45, 7) is 4.17. The Kier molecular flexibility index (Phi) is 4.44. The van der Waals surface area contributed by atoms with Crippen molar-refractivity contribution in [2.75, 3.05) is 13.1 Å². The number of nitrogens with one attached hydrogen (secondary N) is 1. The van der Waals surface area contributed by atoms with Gasteiger partial charge in [-0.25, -0.2) is 0 Å². The number of pyridine rings is 1. The molecular weight excluding hydrogens is 260 g/mol. The molecule has 1 aliphatic rings. The Morgan fingerprint density at radius 1 is 1.68 bits per heavy atom. The van der Waals surface area contributed by atoms with Crippen LogP contribution in [0.2, 0.25) is 0 Å². The normalized spacial score (nSPS) is 20.1. The summed E-state index contributed by atoms with van der Waals surface area (Å²) in [4.78, 5) is 18.5. The molecule has 2 rings (SSSR count). The van der Waals surface area contributed by atoms with E-state index >= 15 is 0 Å². The number of hydrogen-bond acceptors (Lipinski definition) is 4. The minimum atomic E-state index is -0.0897. The van der Waals surface area contributed by atoms with Crippen LogP contribution in [0.5, 0.6) is 0 Å². The maximum Gasteiger partial charge on any atom is 0.237 e. The monoisotopic (exact) mass is 278 g/mol. The molecule has 0 saturated carbocycles. The summed E-state index contributed by atoms with van der Waals surface area (Å²) in [6, 6.07) is 3.73. The van der Waals surface area contributed by atoms with Crippen molar-refractivity contribution in [3.63, 3.8) is 0 Å². The van der Waals surface area contributed by atoms with Gasteiger partial charge in [-0.1, -0.05) is 25.2 Å². The lowest BCUT2D eigenvalue weighted by Gasteiger charge is -2.34. The molecule has 1 aromatic heterocycles. The van der Waals surface area contributed by atoms with Crippen LogP contribution in [0.1, 0.15) is 24.6 Å². The number of nitrogens with two attached hydrogens (primary N) is 1. The number of nitrogens with zero attached hydrogens (tertiary/aromatic N) is 2. The molecule has 0 aromatic carbocycles. The Balaban J connectivity index is 2.20. The number of hydrogen-bond donors (Lipinski definition) is 2. The fourth-order valence-corrected chi connectivity index (χ4v) is 2.59. The first kappa shape index (κ1) is 13.9. The Morgan fingerprint density at radius 3 is 3.16 bits per heavy atom. The molecule has 1 aromatic rings. The van der Waals surface area contributed by atoms with E-state index in [-0.39, 0.29) is 11.9 Å². The Hall–Kier alpha value is -1.53. The van der Waals surface area contributed by atoms with Crippen LogP contribution in [0.4, 0.5) is 0 Å².